The lowest BCUT2D eigenvalue weighted by molar-refractivity contribution is -0.115. The van der Waals surface area contributed by atoms with Crippen molar-refractivity contribution >= 4 is 23.4 Å². The molecule has 1 amide bonds. The van der Waals surface area contributed by atoms with Crippen LogP contribution in [-0.2, 0) is 4.79 Å². The van der Waals surface area contributed by atoms with Gasteiger partial charge in [0.2, 0.25) is 5.91 Å². The molecule has 0 aliphatic heterocycles. The molecule has 6 nitrogen and oxygen atoms in total. The molecule has 0 saturated heterocycles. The molecular formula is C16H17N5OS. The van der Waals surface area contributed by atoms with Crippen LogP contribution < -0.4 is 5.32 Å². The maximum absolute atomic E-state index is 12.3. The van der Waals surface area contributed by atoms with E-state index >= 15 is 0 Å². The molecule has 0 bridgehead atoms. The van der Waals surface area contributed by atoms with Crippen molar-refractivity contribution in [2.75, 3.05) is 5.32 Å². The number of thioether (sulfide) groups is 1. The molecule has 1 N–H and O–H groups in total. The molecule has 1 aromatic heterocycles. The predicted molar refractivity (Wildman–Crippen MR) is 88.1 cm³/mol. The van der Waals surface area contributed by atoms with Gasteiger partial charge in [-0.2, -0.15) is 5.26 Å². The number of carbonyl (C=O) groups is 1. The lowest BCUT2D eigenvalue weighted by atomic mass is 10.2. The smallest absolute Gasteiger partial charge is 0.237 e. The van der Waals surface area contributed by atoms with Gasteiger partial charge in [0.05, 0.1) is 16.9 Å². The Bertz CT molecular complexity index is 758. The second-order valence-corrected chi connectivity index (χ2v) is 6.88. The van der Waals surface area contributed by atoms with Crippen molar-refractivity contribution in [3.05, 3.63) is 35.7 Å². The monoisotopic (exact) mass is 327 g/mol. The van der Waals surface area contributed by atoms with Crippen molar-refractivity contribution in [1.82, 2.24) is 14.8 Å². The van der Waals surface area contributed by atoms with E-state index in [1.165, 1.54) is 11.8 Å². The van der Waals surface area contributed by atoms with Gasteiger partial charge in [0.25, 0.3) is 0 Å². The number of nitrogens with one attached hydrogen (secondary N) is 1. The number of hydrogen-bond acceptors (Lipinski definition) is 5. The number of rotatable bonds is 5. The molecule has 7 heteroatoms. The van der Waals surface area contributed by atoms with Crippen molar-refractivity contribution in [3.8, 4) is 6.07 Å². The Labute approximate surface area is 138 Å². The first-order valence-electron chi connectivity index (χ1n) is 7.47. The Balaban J connectivity index is 1.64. The van der Waals surface area contributed by atoms with Gasteiger partial charge in [-0.05, 0) is 51.0 Å². The van der Waals surface area contributed by atoms with Gasteiger partial charge in [0.1, 0.15) is 5.82 Å². The van der Waals surface area contributed by atoms with Crippen LogP contribution in [0.5, 0.6) is 0 Å². The second-order valence-electron chi connectivity index (χ2n) is 5.57. The van der Waals surface area contributed by atoms with Gasteiger partial charge in [0.15, 0.2) is 5.16 Å². The van der Waals surface area contributed by atoms with Crippen molar-refractivity contribution in [3.63, 3.8) is 0 Å². The number of hydrogen-bond donors (Lipinski definition) is 1. The highest BCUT2D eigenvalue weighted by Crippen LogP contribution is 2.39. The van der Waals surface area contributed by atoms with Gasteiger partial charge in [0, 0.05) is 11.7 Å². The van der Waals surface area contributed by atoms with Crippen molar-refractivity contribution < 1.29 is 4.79 Å². The Kier molecular flexibility index (Phi) is 4.35. The minimum atomic E-state index is -0.285. The predicted octanol–water partition coefficient (Wildman–Crippen LogP) is 2.91. The maximum Gasteiger partial charge on any atom is 0.237 e. The van der Waals surface area contributed by atoms with Crippen LogP contribution in [0.2, 0.25) is 0 Å². The molecule has 23 heavy (non-hydrogen) atoms. The van der Waals surface area contributed by atoms with Gasteiger partial charge in [-0.3, -0.25) is 4.79 Å². The largest absolute Gasteiger partial charge is 0.325 e. The van der Waals surface area contributed by atoms with Gasteiger partial charge in [-0.25, -0.2) is 0 Å². The van der Waals surface area contributed by atoms with Gasteiger partial charge in [-0.15, -0.1) is 10.2 Å². The topological polar surface area (TPSA) is 83.6 Å². The lowest BCUT2D eigenvalue weighted by Gasteiger charge is -2.12. The molecule has 1 aromatic carbocycles. The first-order chi connectivity index (χ1) is 11.1. The Morgan fingerprint density at radius 2 is 2.09 bits per heavy atom. The van der Waals surface area contributed by atoms with E-state index in [0.29, 0.717) is 17.3 Å². The summed E-state index contributed by atoms with van der Waals surface area (Å²) in [7, 11) is 0. The molecule has 0 radical (unpaired) electrons. The van der Waals surface area contributed by atoms with Gasteiger partial charge < -0.3 is 9.88 Å². The number of aryl methyl sites for hydroxylation is 1. The van der Waals surface area contributed by atoms with Crippen molar-refractivity contribution in [2.24, 2.45) is 0 Å². The molecule has 1 aliphatic rings. The van der Waals surface area contributed by atoms with Gasteiger partial charge in [-0.1, -0.05) is 11.8 Å². The summed E-state index contributed by atoms with van der Waals surface area (Å²) < 4.78 is 2.12. The van der Waals surface area contributed by atoms with Crippen LogP contribution in [-0.4, -0.2) is 25.9 Å². The van der Waals surface area contributed by atoms with Crippen LogP contribution in [0.1, 0.15) is 37.2 Å². The summed E-state index contributed by atoms with van der Waals surface area (Å²) in [5.74, 6) is 0.803. The van der Waals surface area contributed by atoms with Crippen LogP contribution in [0.15, 0.2) is 29.4 Å². The third kappa shape index (κ3) is 3.54. The first-order valence-corrected chi connectivity index (χ1v) is 8.35. The normalized spacial score (nSPS) is 15.0. The average Bonchev–Trinajstić information content (AvgIpc) is 3.32. The van der Waals surface area contributed by atoms with Crippen LogP contribution in [0, 0.1) is 18.3 Å². The number of nitrogens with zero attached hydrogens (tertiary/aromatic N) is 4. The fourth-order valence-corrected chi connectivity index (χ4v) is 3.23. The highest BCUT2D eigenvalue weighted by atomic mass is 32.2. The Hall–Kier alpha value is -2.33. The number of aromatic nitrogens is 3. The molecule has 1 atom stereocenters. The molecule has 2 aromatic rings. The molecule has 1 fully saturated rings. The average molecular weight is 327 g/mol. The molecule has 0 spiro atoms. The van der Waals surface area contributed by atoms with Crippen molar-refractivity contribution in [1.29, 1.82) is 5.26 Å². The third-order valence-electron chi connectivity index (χ3n) is 3.68. The van der Waals surface area contributed by atoms with E-state index in [1.807, 2.05) is 13.8 Å². The van der Waals surface area contributed by atoms with E-state index < -0.39 is 0 Å². The standard InChI is InChI=1S/C16H17N5OS/c1-10(15(22)18-13-5-3-12(9-17)4-6-13)23-16-20-19-11(2)21(16)14-7-8-14/h3-6,10,14H,7-8H2,1-2H3,(H,18,22)/t10-/m0/s1. The summed E-state index contributed by atoms with van der Waals surface area (Å²) in [6.07, 6.45) is 2.30. The van der Waals surface area contributed by atoms with Crippen LogP contribution >= 0.6 is 11.8 Å². The summed E-state index contributed by atoms with van der Waals surface area (Å²) >= 11 is 1.42. The summed E-state index contributed by atoms with van der Waals surface area (Å²) in [5.41, 5.74) is 1.25. The highest BCUT2D eigenvalue weighted by Gasteiger charge is 2.29. The SMILES string of the molecule is Cc1nnc(S[C@@H](C)C(=O)Nc2ccc(C#N)cc2)n1C1CC1. The Morgan fingerprint density at radius 3 is 2.70 bits per heavy atom. The molecule has 118 valence electrons. The highest BCUT2D eigenvalue weighted by molar-refractivity contribution is 8.00. The first kappa shape index (κ1) is 15.6. The van der Waals surface area contributed by atoms with E-state index in [4.69, 9.17) is 5.26 Å². The zero-order valence-electron chi connectivity index (χ0n) is 13.0. The van der Waals surface area contributed by atoms with Crippen LogP contribution in [0.4, 0.5) is 5.69 Å². The van der Waals surface area contributed by atoms with E-state index in [1.54, 1.807) is 24.3 Å². The molecule has 1 saturated carbocycles. The summed E-state index contributed by atoms with van der Waals surface area (Å²) in [6.45, 7) is 3.79. The zero-order valence-corrected chi connectivity index (χ0v) is 13.8. The molecule has 0 unspecified atom stereocenters. The summed E-state index contributed by atoms with van der Waals surface area (Å²) in [6, 6.07) is 9.36. The third-order valence-corrected chi connectivity index (χ3v) is 4.74. The van der Waals surface area contributed by atoms with Gasteiger partial charge >= 0.3 is 0 Å². The fourth-order valence-electron chi connectivity index (χ4n) is 2.27. The van der Waals surface area contributed by atoms with E-state index in [9.17, 15) is 4.79 Å². The summed E-state index contributed by atoms with van der Waals surface area (Å²) in [4.78, 5) is 12.3. The fraction of sp³-hybridized carbons (Fsp3) is 0.375. The van der Waals surface area contributed by atoms with Crippen LogP contribution in [0.3, 0.4) is 0 Å². The molecular weight excluding hydrogens is 310 g/mol. The maximum atomic E-state index is 12.3. The summed E-state index contributed by atoms with van der Waals surface area (Å²) in [5, 5.41) is 20.5. The van der Waals surface area contributed by atoms with Crippen molar-refractivity contribution in [2.45, 2.75) is 43.1 Å². The lowest BCUT2D eigenvalue weighted by Crippen LogP contribution is -2.23. The molecule has 3 rings (SSSR count). The minimum absolute atomic E-state index is 0.0947. The molecule has 1 aliphatic carbocycles. The second kappa shape index (κ2) is 6.42. The van der Waals surface area contributed by atoms with E-state index in [0.717, 1.165) is 23.8 Å². The zero-order chi connectivity index (χ0) is 16.4. The number of amides is 1. The van der Waals surface area contributed by atoms with E-state index in [-0.39, 0.29) is 11.2 Å². The van der Waals surface area contributed by atoms with E-state index in [2.05, 4.69) is 26.2 Å². The number of nitriles is 1. The number of benzene rings is 1. The number of carbonyl (C=O) groups excluding carboxylic acids is 1. The quantitative estimate of drug-likeness (QED) is 0.854. The molecule has 1 heterocycles. The van der Waals surface area contributed by atoms with Crippen LogP contribution in [0.25, 0.3) is 0 Å². The number of anilines is 1. The minimum Gasteiger partial charge on any atom is -0.325 e. The Morgan fingerprint density at radius 1 is 1.39 bits per heavy atom.